The van der Waals surface area contributed by atoms with Crippen molar-refractivity contribution in [2.24, 2.45) is 5.73 Å². The molecule has 1 aliphatic rings. The Bertz CT molecular complexity index is 291. The maximum Gasteiger partial charge on any atom is 0.0351 e. The highest BCUT2D eigenvalue weighted by atomic mass is 14.7. The second-order valence-electron chi connectivity index (χ2n) is 2.75. The SMILES string of the molecule is NC1CC=Cc2ccncc21. The van der Waals surface area contributed by atoms with E-state index in [1.165, 1.54) is 5.56 Å². The summed E-state index contributed by atoms with van der Waals surface area (Å²) in [6.45, 7) is 0. The Balaban J connectivity index is 2.54. The zero-order valence-electron chi connectivity index (χ0n) is 6.20. The summed E-state index contributed by atoms with van der Waals surface area (Å²) in [7, 11) is 0. The molecule has 0 saturated carbocycles. The molecule has 0 aromatic carbocycles. The van der Waals surface area contributed by atoms with E-state index >= 15 is 0 Å². The summed E-state index contributed by atoms with van der Waals surface area (Å²) in [6.07, 6.45) is 8.77. The van der Waals surface area contributed by atoms with Crippen LogP contribution in [0.1, 0.15) is 23.6 Å². The first-order valence-corrected chi connectivity index (χ1v) is 3.74. The topological polar surface area (TPSA) is 38.9 Å². The fourth-order valence-electron chi connectivity index (χ4n) is 1.35. The molecule has 1 aromatic rings. The van der Waals surface area contributed by atoms with Crippen molar-refractivity contribution in [2.45, 2.75) is 12.5 Å². The van der Waals surface area contributed by atoms with Gasteiger partial charge in [-0.25, -0.2) is 0 Å². The first-order valence-electron chi connectivity index (χ1n) is 3.74. The predicted octanol–water partition coefficient (Wildman–Crippen LogP) is 1.50. The number of nitrogens with zero attached hydrogens (tertiary/aromatic N) is 1. The summed E-state index contributed by atoms with van der Waals surface area (Å²) < 4.78 is 0. The Labute approximate surface area is 65.8 Å². The average Bonchev–Trinajstić information content (AvgIpc) is 2.06. The van der Waals surface area contributed by atoms with Crippen LogP contribution < -0.4 is 5.73 Å². The fourth-order valence-corrected chi connectivity index (χ4v) is 1.35. The first kappa shape index (κ1) is 6.55. The van der Waals surface area contributed by atoms with Gasteiger partial charge in [0.1, 0.15) is 0 Å². The van der Waals surface area contributed by atoms with E-state index in [0.717, 1.165) is 12.0 Å². The maximum absolute atomic E-state index is 5.86. The van der Waals surface area contributed by atoms with Gasteiger partial charge >= 0.3 is 0 Å². The molecule has 1 aliphatic carbocycles. The van der Waals surface area contributed by atoms with Crippen molar-refractivity contribution in [3.63, 3.8) is 0 Å². The van der Waals surface area contributed by atoms with Crippen LogP contribution in [0.4, 0.5) is 0 Å². The van der Waals surface area contributed by atoms with Crippen molar-refractivity contribution in [1.82, 2.24) is 4.98 Å². The van der Waals surface area contributed by atoms with E-state index in [-0.39, 0.29) is 6.04 Å². The molecular weight excluding hydrogens is 136 g/mol. The van der Waals surface area contributed by atoms with Gasteiger partial charge < -0.3 is 5.73 Å². The summed E-state index contributed by atoms with van der Waals surface area (Å²) in [6, 6.07) is 2.13. The Morgan fingerprint density at radius 3 is 3.27 bits per heavy atom. The lowest BCUT2D eigenvalue weighted by molar-refractivity contribution is 0.728. The van der Waals surface area contributed by atoms with E-state index in [4.69, 9.17) is 5.73 Å². The van der Waals surface area contributed by atoms with Crippen LogP contribution in [0.3, 0.4) is 0 Å². The van der Waals surface area contributed by atoms with Gasteiger partial charge in [0.2, 0.25) is 0 Å². The van der Waals surface area contributed by atoms with Crippen LogP contribution in [-0.2, 0) is 0 Å². The van der Waals surface area contributed by atoms with Crippen molar-refractivity contribution in [3.8, 4) is 0 Å². The Morgan fingerprint density at radius 2 is 2.45 bits per heavy atom. The van der Waals surface area contributed by atoms with Gasteiger partial charge in [-0.05, 0) is 23.6 Å². The molecule has 0 spiro atoms. The van der Waals surface area contributed by atoms with Gasteiger partial charge in [-0.3, -0.25) is 4.98 Å². The Hall–Kier alpha value is -1.15. The normalized spacial score (nSPS) is 21.4. The number of fused-ring (bicyclic) bond motifs is 1. The molecule has 2 rings (SSSR count). The molecule has 0 amide bonds. The van der Waals surface area contributed by atoms with Crippen molar-refractivity contribution in [2.75, 3.05) is 0 Å². The highest BCUT2D eigenvalue weighted by molar-refractivity contribution is 5.56. The summed E-state index contributed by atoms with van der Waals surface area (Å²) in [5.74, 6) is 0. The number of hydrogen-bond acceptors (Lipinski definition) is 2. The molecule has 1 atom stereocenters. The Morgan fingerprint density at radius 1 is 1.55 bits per heavy atom. The molecule has 0 radical (unpaired) electrons. The van der Waals surface area contributed by atoms with E-state index in [2.05, 4.69) is 17.1 Å². The minimum absolute atomic E-state index is 0.142. The van der Waals surface area contributed by atoms with Crippen molar-refractivity contribution < 1.29 is 0 Å². The van der Waals surface area contributed by atoms with Gasteiger partial charge in [-0.15, -0.1) is 0 Å². The predicted molar refractivity (Wildman–Crippen MR) is 44.8 cm³/mol. The van der Waals surface area contributed by atoms with Crippen LogP contribution in [0.15, 0.2) is 24.5 Å². The monoisotopic (exact) mass is 146 g/mol. The number of nitrogens with two attached hydrogens (primary N) is 1. The summed E-state index contributed by atoms with van der Waals surface area (Å²) >= 11 is 0. The van der Waals surface area contributed by atoms with Crippen LogP contribution in [0.25, 0.3) is 6.08 Å². The third-order valence-electron chi connectivity index (χ3n) is 1.97. The van der Waals surface area contributed by atoms with Gasteiger partial charge in [0.15, 0.2) is 0 Å². The second-order valence-corrected chi connectivity index (χ2v) is 2.75. The molecule has 2 nitrogen and oxygen atoms in total. The van der Waals surface area contributed by atoms with E-state index < -0.39 is 0 Å². The minimum Gasteiger partial charge on any atom is -0.324 e. The van der Waals surface area contributed by atoms with Gasteiger partial charge in [-0.1, -0.05) is 12.2 Å². The van der Waals surface area contributed by atoms with E-state index in [9.17, 15) is 0 Å². The van der Waals surface area contributed by atoms with Crippen LogP contribution in [0, 0.1) is 0 Å². The zero-order chi connectivity index (χ0) is 7.68. The quantitative estimate of drug-likeness (QED) is 0.602. The second kappa shape index (κ2) is 2.47. The van der Waals surface area contributed by atoms with Gasteiger partial charge in [0, 0.05) is 18.4 Å². The van der Waals surface area contributed by atoms with E-state index in [1.807, 2.05) is 12.3 Å². The first-order chi connectivity index (χ1) is 5.38. The van der Waals surface area contributed by atoms with Crippen molar-refractivity contribution in [3.05, 3.63) is 35.7 Å². The maximum atomic E-state index is 5.86. The highest BCUT2D eigenvalue weighted by Gasteiger charge is 2.11. The number of aromatic nitrogens is 1. The van der Waals surface area contributed by atoms with Gasteiger partial charge in [0.25, 0.3) is 0 Å². The number of hydrogen-bond donors (Lipinski definition) is 1. The molecule has 1 unspecified atom stereocenters. The van der Waals surface area contributed by atoms with E-state index in [0.29, 0.717) is 0 Å². The molecule has 0 saturated heterocycles. The van der Waals surface area contributed by atoms with E-state index in [1.54, 1.807) is 6.20 Å². The minimum atomic E-state index is 0.142. The average molecular weight is 146 g/mol. The summed E-state index contributed by atoms with van der Waals surface area (Å²) in [5.41, 5.74) is 8.22. The molecule has 0 fully saturated rings. The summed E-state index contributed by atoms with van der Waals surface area (Å²) in [5, 5.41) is 0. The third-order valence-corrected chi connectivity index (χ3v) is 1.97. The molecule has 0 aliphatic heterocycles. The lowest BCUT2D eigenvalue weighted by Gasteiger charge is -2.15. The fraction of sp³-hybridized carbons (Fsp3) is 0.222. The molecule has 2 N–H and O–H groups in total. The molecular formula is C9H10N2. The highest BCUT2D eigenvalue weighted by Crippen LogP contribution is 2.23. The standard InChI is InChI=1S/C9H10N2/c10-9-3-1-2-7-4-5-11-6-8(7)9/h1-2,4-6,9H,3,10H2. The Kier molecular flexibility index (Phi) is 1.47. The molecule has 56 valence electrons. The molecule has 1 aromatic heterocycles. The van der Waals surface area contributed by atoms with Crippen LogP contribution >= 0.6 is 0 Å². The van der Waals surface area contributed by atoms with Crippen LogP contribution in [-0.4, -0.2) is 4.98 Å². The largest absolute Gasteiger partial charge is 0.324 e. The van der Waals surface area contributed by atoms with Crippen molar-refractivity contribution >= 4 is 6.08 Å². The third kappa shape index (κ3) is 1.05. The number of rotatable bonds is 0. The van der Waals surface area contributed by atoms with Crippen LogP contribution in [0.5, 0.6) is 0 Å². The summed E-state index contributed by atoms with van der Waals surface area (Å²) in [4.78, 5) is 4.03. The van der Waals surface area contributed by atoms with Gasteiger partial charge in [-0.2, -0.15) is 0 Å². The lowest BCUT2D eigenvalue weighted by atomic mass is 9.96. The molecule has 11 heavy (non-hydrogen) atoms. The van der Waals surface area contributed by atoms with Crippen LogP contribution in [0.2, 0.25) is 0 Å². The number of pyridine rings is 1. The van der Waals surface area contributed by atoms with Gasteiger partial charge in [0.05, 0.1) is 0 Å². The molecule has 1 heterocycles. The van der Waals surface area contributed by atoms with Crippen molar-refractivity contribution in [1.29, 1.82) is 0 Å². The molecule has 0 bridgehead atoms. The smallest absolute Gasteiger partial charge is 0.0351 e. The lowest BCUT2D eigenvalue weighted by Crippen LogP contribution is -2.13. The zero-order valence-corrected chi connectivity index (χ0v) is 6.20. The molecule has 2 heteroatoms.